The van der Waals surface area contributed by atoms with Gasteiger partial charge in [-0.1, -0.05) is 12.1 Å². The first-order valence-electron chi connectivity index (χ1n) is 5.75. The van der Waals surface area contributed by atoms with Crippen LogP contribution in [0.2, 0.25) is 0 Å². The Labute approximate surface area is 122 Å². The standard InChI is InChI=1S/C13H10F3NO3S/c1-19-11(18)6-9-7-21-12(17-9)8-3-2-4-10(5-8)20-13(14,15)16/h2-5,7H,6H2,1H3. The van der Waals surface area contributed by atoms with Gasteiger partial charge in [-0.2, -0.15) is 0 Å². The molecule has 1 heterocycles. The number of nitrogens with zero attached hydrogens (tertiary/aromatic N) is 1. The van der Waals surface area contributed by atoms with Crippen LogP contribution in [0.3, 0.4) is 0 Å². The maximum absolute atomic E-state index is 12.2. The highest BCUT2D eigenvalue weighted by atomic mass is 32.1. The number of methoxy groups -OCH3 is 1. The average molecular weight is 317 g/mol. The van der Waals surface area contributed by atoms with Crippen molar-refractivity contribution < 1.29 is 27.4 Å². The summed E-state index contributed by atoms with van der Waals surface area (Å²) >= 11 is 1.23. The highest BCUT2D eigenvalue weighted by molar-refractivity contribution is 7.13. The smallest absolute Gasteiger partial charge is 0.469 e. The summed E-state index contributed by atoms with van der Waals surface area (Å²) in [5.41, 5.74) is 0.988. The molecule has 0 aliphatic rings. The zero-order valence-corrected chi connectivity index (χ0v) is 11.6. The second kappa shape index (κ2) is 6.13. The van der Waals surface area contributed by atoms with E-state index in [1.54, 1.807) is 11.4 Å². The number of alkyl halides is 3. The number of esters is 1. The molecular formula is C13H10F3NO3S. The van der Waals surface area contributed by atoms with Gasteiger partial charge in [-0.25, -0.2) is 4.98 Å². The first-order valence-corrected chi connectivity index (χ1v) is 6.63. The first kappa shape index (κ1) is 15.3. The topological polar surface area (TPSA) is 48.4 Å². The fraction of sp³-hybridized carbons (Fsp3) is 0.231. The molecule has 0 spiro atoms. The molecule has 8 heteroatoms. The molecular weight excluding hydrogens is 307 g/mol. The van der Waals surface area contributed by atoms with Crippen LogP contribution in [0.4, 0.5) is 13.2 Å². The second-order valence-corrected chi connectivity index (χ2v) is 4.83. The van der Waals surface area contributed by atoms with E-state index in [9.17, 15) is 18.0 Å². The van der Waals surface area contributed by atoms with E-state index in [2.05, 4.69) is 14.5 Å². The molecule has 0 bridgehead atoms. The van der Waals surface area contributed by atoms with Crippen molar-refractivity contribution in [1.82, 2.24) is 4.98 Å². The van der Waals surface area contributed by atoms with Crippen LogP contribution in [0.15, 0.2) is 29.6 Å². The van der Waals surface area contributed by atoms with E-state index < -0.39 is 12.3 Å². The van der Waals surface area contributed by atoms with E-state index in [0.29, 0.717) is 16.3 Å². The molecule has 21 heavy (non-hydrogen) atoms. The van der Waals surface area contributed by atoms with E-state index in [0.717, 1.165) is 0 Å². The maximum Gasteiger partial charge on any atom is 0.573 e. The molecule has 0 saturated carbocycles. The number of carbonyl (C=O) groups excluding carboxylic acids is 1. The third-order valence-electron chi connectivity index (χ3n) is 2.42. The number of aromatic nitrogens is 1. The number of carbonyl (C=O) groups is 1. The number of ether oxygens (including phenoxy) is 2. The maximum atomic E-state index is 12.2. The number of benzene rings is 1. The number of rotatable bonds is 4. The Morgan fingerprint density at radius 3 is 2.81 bits per heavy atom. The van der Waals surface area contributed by atoms with Crippen molar-refractivity contribution in [2.24, 2.45) is 0 Å². The van der Waals surface area contributed by atoms with E-state index in [-0.39, 0.29) is 12.2 Å². The molecule has 0 saturated heterocycles. The molecule has 0 aliphatic heterocycles. The summed E-state index contributed by atoms with van der Waals surface area (Å²) in [5, 5.41) is 2.16. The summed E-state index contributed by atoms with van der Waals surface area (Å²) in [5.74, 6) is -0.745. The lowest BCUT2D eigenvalue weighted by atomic mass is 10.2. The van der Waals surface area contributed by atoms with Gasteiger partial charge in [0.2, 0.25) is 0 Å². The highest BCUT2D eigenvalue weighted by Gasteiger charge is 2.31. The minimum absolute atomic E-state index is 0.0196. The van der Waals surface area contributed by atoms with Gasteiger partial charge in [-0.15, -0.1) is 24.5 Å². The number of halogens is 3. The van der Waals surface area contributed by atoms with E-state index >= 15 is 0 Å². The van der Waals surface area contributed by atoms with Crippen LogP contribution in [0.25, 0.3) is 10.6 Å². The fourth-order valence-corrected chi connectivity index (χ4v) is 2.38. The lowest BCUT2D eigenvalue weighted by molar-refractivity contribution is -0.274. The molecule has 0 amide bonds. The molecule has 0 radical (unpaired) electrons. The quantitative estimate of drug-likeness (QED) is 0.811. The van der Waals surface area contributed by atoms with E-state index in [4.69, 9.17) is 0 Å². The van der Waals surface area contributed by atoms with Gasteiger partial charge in [-0.3, -0.25) is 4.79 Å². The van der Waals surface area contributed by atoms with Crippen LogP contribution in [-0.2, 0) is 16.0 Å². The SMILES string of the molecule is COC(=O)Cc1csc(-c2cccc(OC(F)(F)F)c2)n1. The molecule has 0 atom stereocenters. The summed E-state index contributed by atoms with van der Waals surface area (Å²) in [6.45, 7) is 0. The largest absolute Gasteiger partial charge is 0.573 e. The van der Waals surface area contributed by atoms with Gasteiger partial charge in [0.15, 0.2) is 0 Å². The third-order valence-corrected chi connectivity index (χ3v) is 3.36. The predicted molar refractivity (Wildman–Crippen MR) is 70.0 cm³/mol. The zero-order chi connectivity index (χ0) is 15.5. The Bertz CT molecular complexity index is 640. The molecule has 1 aromatic carbocycles. The molecule has 2 aromatic rings. The van der Waals surface area contributed by atoms with Crippen molar-refractivity contribution >= 4 is 17.3 Å². The van der Waals surface area contributed by atoms with Crippen molar-refractivity contribution in [2.45, 2.75) is 12.8 Å². The highest BCUT2D eigenvalue weighted by Crippen LogP contribution is 2.29. The van der Waals surface area contributed by atoms with Crippen molar-refractivity contribution in [3.8, 4) is 16.3 Å². The zero-order valence-electron chi connectivity index (χ0n) is 10.8. The van der Waals surface area contributed by atoms with Crippen LogP contribution in [0, 0.1) is 0 Å². The van der Waals surface area contributed by atoms with Crippen molar-refractivity contribution in [2.75, 3.05) is 7.11 Å². The Morgan fingerprint density at radius 1 is 1.38 bits per heavy atom. The molecule has 0 fully saturated rings. The Hall–Kier alpha value is -2.09. The fourth-order valence-electron chi connectivity index (χ4n) is 1.57. The third kappa shape index (κ3) is 4.45. The Kier molecular flexibility index (Phi) is 4.46. The van der Waals surface area contributed by atoms with Gasteiger partial charge in [-0.05, 0) is 12.1 Å². The van der Waals surface area contributed by atoms with Crippen molar-refractivity contribution in [3.63, 3.8) is 0 Å². The number of hydrogen-bond donors (Lipinski definition) is 0. The van der Waals surface area contributed by atoms with E-state index in [1.165, 1.54) is 36.6 Å². The lowest BCUT2D eigenvalue weighted by Gasteiger charge is -2.09. The molecule has 4 nitrogen and oxygen atoms in total. The first-order chi connectivity index (χ1) is 9.87. The summed E-state index contributed by atoms with van der Waals surface area (Å²) in [7, 11) is 1.27. The van der Waals surface area contributed by atoms with Crippen LogP contribution >= 0.6 is 11.3 Å². The summed E-state index contributed by atoms with van der Waals surface area (Å²) in [4.78, 5) is 15.3. The van der Waals surface area contributed by atoms with E-state index in [1.807, 2.05) is 0 Å². The predicted octanol–water partition coefficient (Wildman–Crippen LogP) is 3.42. The minimum Gasteiger partial charge on any atom is -0.469 e. The van der Waals surface area contributed by atoms with Crippen molar-refractivity contribution in [1.29, 1.82) is 0 Å². The van der Waals surface area contributed by atoms with Crippen LogP contribution < -0.4 is 4.74 Å². The van der Waals surface area contributed by atoms with Crippen LogP contribution in [-0.4, -0.2) is 24.4 Å². The van der Waals surface area contributed by atoms with Crippen molar-refractivity contribution in [3.05, 3.63) is 35.3 Å². The number of thiazole rings is 1. The van der Waals surface area contributed by atoms with Gasteiger partial charge in [0.1, 0.15) is 10.8 Å². The van der Waals surface area contributed by atoms with Gasteiger partial charge in [0.05, 0.1) is 19.2 Å². The average Bonchev–Trinajstić information content (AvgIpc) is 2.85. The second-order valence-electron chi connectivity index (χ2n) is 3.97. The summed E-state index contributed by atoms with van der Waals surface area (Å²) < 4.78 is 44.9. The van der Waals surface area contributed by atoms with Gasteiger partial charge in [0.25, 0.3) is 0 Å². The molecule has 2 rings (SSSR count). The van der Waals surface area contributed by atoms with Gasteiger partial charge >= 0.3 is 12.3 Å². The Morgan fingerprint density at radius 2 is 2.14 bits per heavy atom. The molecule has 1 aromatic heterocycles. The normalized spacial score (nSPS) is 11.2. The molecule has 0 N–H and O–H groups in total. The number of hydrogen-bond acceptors (Lipinski definition) is 5. The molecule has 112 valence electrons. The van der Waals surface area contributed by atoms with Gasteiger partial charge in [0, 0.05) is 10.9 Å². The molecule has 0 unspecified atom stereocenters. The molecule has 0 aliphatic carbocycles. The minimum atomic E-state index is -4.74. The monoisotopic (exact) mass is 317 g/mol. The Balaban J connectivity index is 2.18. The summed E-state index contributed by atoms with van der Waals surface area (Å²) in [6, 6.07) is 5.51. The lowest BCUT2D eigenvalue weighted by Crippen LogP contribution is -2.17. The summed E-state index contributed by atoms with van der Waals surface area (Å²) in [6.07, 6.45) is -4.72. The van der Waals surface area contributed by atoms with Crippen LogP contribution in [0.1, 0.15) is 5.69 Å². The van der Waals surface area contributed by atoms with Crippen LogP contribution in [0.5, 0.6) is 5.75 Å². The van der Waals surface area contributed by atoms with Gasteiger partial charge < -0.3 is 9.47 Å².